The van der Waals surface area contributed by atoms with Gasteiger partial charge in [-0.3, -0.25) is 25.0 Å². The molecule has 12 heteroatoms. The Bertz CT molecular complexity index is 1310. The quantitative estimate of drug-likeness (QED) is 0.268. The molecule has 3 aromatic carbocycles. The maximum atomic E-state index is 12.2. The van der Waals surface area contributed by atoms with Crippen molar-refractivity contribution in [2.24, 2.45) is 5.10 Å². The second-order valence-corrected chi connectivity index (χ2v) is 7.27. The van der Waals surface area contributed by atoms with Gasteiger partial charge in [0.15, 0.2) is 11.5 Å². The minimum atomic E-state index is -0.779. The lowest BCUT2D eigenvalue weighted by molar-refractivity contribution is -0.394. The maximum Gasteiger partial charge on any atom is 0.318 e. The Morgan fingerprint density at radius 1 is 1.00 bits per heavy atom. The zero-order valence-corrected chi connectivity index (χ0v) is 18.6. The summed E-state index contributed by atoms with van der Waals surface area (Å²) in [5, 5.41) is 26.4. The monoisotopic (exact) mass is 484 g/mol. The van der Waals surface area contributed by atoms with E-state index in [1.165, 1.54) is 25.5 Å². The van der Waals surface area contributed by atoms with E-state index in [0.29, 0.717) is 10.6 Å². The van der Waals surface area contributed by atoms with Crippen molar-refractivity contribution in [3.63, 3.8) is 0 Å². The largest absolute Gasteiger partial charge is 0.493 e. The van der Waals surface area contributed by atoms with Gasteiger partial charge in [-0.05, 0) is 54.4 Å². The summed E-state index contributed by atoms with van der Waals surface area (Å²) in [5.41, 5.74) is 3.08. The first kappa shape index (κ1) is 24.1. The molecule has 0 aromatic heterocycles. The molecule has 0 spiro atoms. The van der Waals surface area contributed by atoms with Crippen LogP contribution >= 0.6 is 11.6 Å². The smallest absolute Gasteiger partial charge is 0.318 e. The molecule has 11 nitrogen and oxygen atoms in total. The average molecular weight is 485 g/mol. The molecule has 0 fully saturated rings. The number of carbonyl (C=O) groups excluding carboxylic acids is 1. The van der Waals surface area contributed by atoms with Crippen molar-refractivity contribution in [2.75, 3.05) is 7.11 Å². The number of hydrazone groups is 1. The first-order chi connectivity index (χ1) is 16.2. The van der Waals surface area contributed by atoms with Gasteiger partial charge in [0.2, 0.25) is 5.75 Å². The van der Waals surface area contributed by atoms with E-state index in [0.717, 1.165) is 23.8 Å². The van der Waals surface area contributed by atoms with Crippen LogP contribution in [0.15, 0.2) is 59.7 Å². The molecule has 0 heterocycles. The van der Waals surface area contributed by atoms with Crippen LogP contribution in [0.2, 0.25) is 5.02 Å². The molecule has 3 rings (SSSR count). The van der Waals surface area contributed by atoms with Gasteiger partial charge in [-0.1, -0.05) is 17.7 Å². The minimum absolute atomic E-state index is 0.132. The number of carbonyl (C=O) groups is 1. The Labute approximate surface area is 197 Å². The van der Waals surface area contributed by atoms with E-state index in [1.54, 1.807) is 24.3 Å². The second-order valence-electron chi connectivity index (χ2n) is 6.86. The maximum absolute atomic E-state index is 12.2. The van der Waals surface area contributed by atoms with Crippen LogP contribution in [-0.2, 0) is 0 Å². The number of nitrogens with one attached hydrogen (secondary N) is 1. The van der Waals surface area contributed by atoms with Gasteiger partial charge in [0.1, 0.15) is 0 Å². The lowest BCUT2D eigenvalue weighted by atomic mass is 10.1. The van der Waals surface area contributed by atoms with Crippen molar-refractivity contribution in [1.29, 1.82) is 0 Å². The van der Waals surface area contributed by atoms with Gasteiger partial charge in [0, 0.05) is 6.07 Å². The number of halogens is 1. The summed E-state index contributed by atoms with van der Waals surface area (Å²) >= 11 is 6.08. The van der Waals surface area contributed by atoms with Crippen molar-refractivity contribution in [3.8, 4) is 17.2 Å². The molecule has 0 bridgehead atoms. The molecule has 0 saturated heterocycles. The predicted molar refractivity (Wildman–Crippen MR) is 124 cm³/mol. The number of hydrogen-bond acceptors (Lipinski definition) is 8. The van der Waals surface area contributed by atoms with E-state index in [9.17, 15) is 25.0 Å². The average Bonchev–Trinajstić information content (AvgIpc) is 2.79. The van der Waals surface area contributed by atoms with E-state index in [1.807, 2.05) is 6.92 Å². The number of nitrogens with zero attached hydrogens (tertiary/aromatic N) is 3. The topological polar surface area (TPSA) is 146 Å². The molecule has 0 unspecified atom stereocenters. The summed E-state index contributed by atoms with van der Waals surface area (Å²) in [7, 11) is 1.37. The number of aryl methyl sites for hydroxylation is 1. The Hall–Kier alpha value is -4.51. The fraction of sp³-hybridized carbons (Fsp3) is 0.0909. The van der Waals surface area contributed by atoms with E-state index < -0.39 is 27.1 Å². The van der Waals surface area contributed by atoms with Gasteiger partial charge in [0.05, 0.1) is 39.8 Å². The Morgan fingerprint density at radius 2 is 1.74 bits per heavy atom. The van der Waals surface area contributed by atoms with Crippen LogP contribution in [0.1, 0.15) is 21.5 Å². The molecule has 0 aliphatic rings. The van der Waals surface area contributed by atoms with Crippen molar-refractivity contribution >= 4 is 35.1 Å². The zero-order chi connectivity index (χ0) is 24.8. The number of hydrogen-bond donors (Lipinski definition) is 1. The first-order valence-corrected chi connectivity index (χ1v) is 9.95. The van der Waals surface area contributed by atoms with Crippen LogP contribution in [0, 0.1) is 27.2 Å². The number of non-ortho nitro benzene ring substituents is 1. The SMILES string of the molecule is COc1cc(C=NNC(=O)c2ccc(C)cc2Cl)ccc1Oc1ccc([N+](=O)[O-])cc1[N+](=O)[O-]. The molecule has 0 aliphatic heterocycles. The van der Waals surface area contributed by atoms with Crippen molar-refractivity contribution in [1.82, 2.24) is 5.43 Å². The Kier molecular flexibility index (Phi) is 7.39. The molecule has 174 valence electrons. The number of nitro groups is 2. The van der Waals surface area contributed by atoms with Gasteiger partial charge in [-0.15, -0.1) is 0 Å². The Morgan fingerprint density at radius 3 is 2.38 bits per heavy atom. The molecule has 0 atom stereocenters. The lowest BCUT2D eigenvalue weighted by Crippen LogP contribution is -2.18. The van der Waals surface area contributed by atoms with E-state index in [4.69, 9.17) is 21.1 Å². The molecule has 0 saturated carbocycles. The van der Waals surface area contributed by atoms with Crippen molar-refractivity contribution < 1.29 is 24.1 Å². The number of amides is 1. The number of methoxy groups -OCH3 is 1. The highest BCUT2D eigenvalue weighted by Gasteiger charge is 2.22. The summed E-state index contributed by atoms with van der Waals surface area (Å²) in [6.07, 6.45) is 1.36. The highest BCUT2D eigenvalue weighted by molar-refractivity contribution is 6.33. The first-order valence-electron chi connectivity index (χ1n) is 9.58. The van der Waals surface area contributed by atoms with Crippen LogP contribution in [0.4, 0.5) is 11.4 Å². The lowest BCUT2D eigenvalue weighted by Gasteiger charge is -2.11. The van der Waals surface area contributed by atoms with Gasteiger partial charge in [-0.25, -0.2) is 5.43 Å². The van der Waals surface area contributed by atoms with Crippen molar-refractivity contribution in [3.05, 3.63) is 96.5 Å². The van der Waals surface area contributed by atoms with Gasteiger partial charge < -0.3 is 9.47 Å². The normalized spacial score (nSPS) is 10.7. The van der Waals surface area contributed by atoms with E-state index in [-0.39, 0.29) is 22.8 Å². The predicted octanol–water partition coefficient (Wildman–Crippen LogP) is 5.03. The molecular weight excluding hydrogens is 468 g/mol. The molecule has 1 amide bonds. The molecule has 3 aromatic rings. The summed E-state index contributed by atoms with van der Waals surface area (Å²) in [6, 6.07) is 12.6. The highest BCUT2D eigenvalue weighted by atomic mass is 35.5. The van der Waals surface area contributed by atoms with E-state index in [2.05, 4.69) is 10.5 Å². The molecule has 0 aliphatic carbocycles. The number of benzene rings is 3. The van der Waals surface area contributed by atoms with Gasteiger partial charge in [-0.2, -0.15) is 5.10 Å². The summed E-state index contributed by atoms with van der Waals surface area (Å²) < 4.78 is 10.9. The fourth-order valence-electron chi connectivity index (χ4n) is 2.85. The van der Waals surface area contributed by atoms with Crippen LogP contribution in [-0.4, -0.2) is 29.1 Å². The van der Waals surface area contributed by atoms with Gasteiger partial charge >= 0.3 is 5.69 Å². The molecule has 34 heavy (non-hydrogen) atoms. The highest BCUT2D eigenvalue weighted by Crippen LogP contribution is 2.38. The number of rotatable bonds is 8. The Balaban J connectivity index is 1.78. The summed E-state index contributed by atoms with van der Waals surface area (Å²) in [6.45, 7) is 1.85. The van der Waals surface area contributed by atoms with Gasteiger partial charge in [0.25, 0.3) is 11.6 Å². The third-order valence-electron chi connectivity index (χ3n) is 4.51. The molecular formula is C22H17ClN4O7. The molecule has 1 N–H and O–H groups in total. The van der Waals surface area contributed by atoms with Crippen LogP contribution < -0.4 is 14.9 Å². The van der Waals surface area contributed by atoms with Crippen LogP contribution in [0.5, 0.6) is 17.2 Å². The van der Waals surface area contributed by atoms with Crippen LogP contribution in [0.3, 0.4) is 0 Å². The second kappa shape index (κ2) is 10.4. The minimum Gasteiger partial charge on any atom is -0.493 e. The zero-order valence-electron chi connectivity index (χ0n) is 17.9. The third kappa shape index (κ3) is 5.64. The fourth-order valence-corrected chi connectivity index (χ4v) is 3.17. The summed E-state index contributed by atoms with van der Waals surface area (Å²) in [4.78, 5) is 33.0. The molecule has 0 radical (unpaired) electrons. The third-order valence-corrected chi connectivity index (χ3v) is 4.82. The summed E-state index contributed by atoms with van der Waals surface area (Å²) in [5.74, 6) is -0.340. The van der Waals surface area contributed by atoms with Crippen LogP contribution in [0.25, 0.3) is 0 Å². The van der Waals surface area contributed by atoms with E-state index >= 15 is 0 Å². The standard InChI is InChI=1S/C22H17ClN4O7/c1-13-3-6-16(17(23)9-13)22(28)25-24-12-14-4-7-20(21(10-14)33-2)34-19-8-5-15(26(29)30)11-18(19)27(31)32/h3-12H,1-2H3,(H,25,28). The number of ether oxygens (including phenoxy) is 2. The number of nitro benzene ring substituents is 2. The van der Waals surface area contributed by atoms with Crippen molar-refractivity contribution in [2.45, 2.75) is 6.92 Å².